The smallest absolute Gasteiger partial charge is 0.0323 e. The largest absolute Gasteiger partial charge is 0.0625 e. The maximum atomic E-state index is 2.56. The van der Waals surface area contributed by atoms with Crippen LogP contribution in [0.3, 0.4) is 0 Å². The van der Waals surface area contributed by atoms with Crippen LogP contribution < -0.4 is 0 Å². The normalized spacial score (nSPS) is 44.8. The Balaban J connectivity index is 1.75. The first-order valence-electron chi connectivity index (χ1n) is 7.57. The van der Waals surface area contributed by atoms with Gasteiger partial charge in [-0.2, -0.15) is 0 Å². The summed E-state index contributed by atoms with van der Waals surface area (Å²) in [5.41, 5.74) is 0.698. The van der Waals surface area contributed by atoms with Gasteiger partial charge in [-0.25, -0.2) is 0 Å². The fourth-order valence-electron chi connectivity index (χ4n) is 4.29. The second kappa shape index (κ2) is 5.10. The van der Waals surface area contributed by atoms with E-state index in [9.17, 15) is 0 Å². The summed E-state index contributed by atoms with van der Waals surface area (Å²) < 4.78 is 0. The Morgan fingerprint density at radius 1 is 1.06 bits per heavy atom. The van der Waals surface area contributed by atoms with Gasteiger partial charge in [0.15, 0.2) is 0 Å². The molecule has 0 amide bonds. The van der Waals surface area contributed by atoms with Crippen molar-refractivity contribution in [3.05, 3.63) is 0 Å². The van der Waals surface area contributed by atoms with Crippen molar-refractivity contribution in [3.63, 3.8) is 0 Å². The minimum Gasteiger partial charge on any atom is -0.0625 e. The SMILES string of the molecule is CC1CCC(CCC2(C)CCC[C@H](C)C2)C1. The first-order chi connectivity index (χ1) is 7.57. The maximum absolute atomic E-state index is 2.56. The van der Waals surface area contributed by atoms with Crippen molar-refractivity contribution in [2.45, 2.75) is 78.6 Å². The van der Waals surface area contributed by atoms with Gasteiger partial charge in [-0.05, 0) is 55.3 Å². The Labute approximate surface area is 102 Å². The summed E-state index contributed by atoms with van der Waals surface area (Å²) in [6.07, 6.45) is 13.5. The molecule has 2 rings (SSSR count). The predicted molar refractivity (Wildman–Crippen MR) is 71.5 cm³/mol. The maximum Gasteiger partial charge on any atom is -0.0323 e. The molecule has 2 aliphatic rings. The van der Waals surface area contributed by atoms with Crippen LogP contribution >= 0.6 is 0 Å². The van der Waals surface area contributed by atoms with E-state index in [1.807, 2.05) is 0 Å². The molecule has 16 heavy (non-hydrogen) atoms. The van der Waals surface area contributed by atoms with Crippen LogP contribution in [0.2, 0.25) is 0 Å². The van der Waals surface area contributed by atoms with E-state index in [2.05, 4.69) is 20.8 Å². The molecular weight excluding hydrogens is 192 g/mol. The Bertz CT molecular complexity index is 220. The third kappa shape index (κ3) is 3.25. The van der Waals surface area contributed by atoms with Crippen LogP contribution in [0.25, 0.3) is 0 Å². The first kappa shape index (κ1) is 12.5. The van der Waals surface area contributed by atoms with Crippen LogP contribution in [0.1, 0.15) is 78.6 Å². The van der Waals surface area contributed by atoms with Gasteiger partial charge in [0.25, 0.3) is 0 Å². The summed E-state index contributed by atoms with van der Waals surface area (Å²) in [7, 11) is 0. The number of hydrogen-bond acceptors (Lipinski definition) is 0. The van der Waals surface area contributed by atoms with E-state index in [1.165, 1.54) is 57.8 Å². The van der Waals surface area contributed by atoms with Gasteiger partial charge in [-0.15, -0.1) is 0 Å². The third-order valence-corrected chi connectivity index (χ3v) is 5.28. The molecule has 0 aliphatic heterocycles. The Morgan fingerprint density at radius 2 is 1.88 bits per heavy atom. The number of rotatable bonds is 3. The molecule has 2 fully saturated rings. The van der Waals surface area contributed by atoms with Crippen molar-refractivity contribution in [3.8, 4) is 0 Å². The average molecular weight is 222 g/mol. The molecule has 2 aliphatic carbocycles. The van der Waals surface area contributed by atoms with Gasteiger partial charge < -0.3 is 0 Å². The highest BCUT2D eigenvalue weighted by Gasteiger charge is 2.31. The van der Waals surface area contributed by atoms with Crippen molar-refractivity contribution in [2.75, 3.05) is 0 Å². The Morgan fingerprint density at radius 3 is 2.50 bits per heavy atom. The van der Waals surface area contributed by atoms with Crippen molar-refractivity contribution in [2.24, 2.45) is 23.2 Å². The molecule has 0 aromatic rings. The lowest BCUT2D eigenvalue weighted by Gasteiger charge is -2.37. The molecule has 0 bridgehead atoms. The topological polar surface area (TPSA) is 0 Å². The quantitative estimate of drug-likeness (QED) is 0.598. The molecule has 0 saturated heterocycles. The monoisotopic (exact) mass is 222 g/mol. The molecule has 0 heterocycles. The molecule has 0 aromatic heterocycles. The van der Waals surface area contributed by atoms with Gasteiger partial charge in [0, 0.05) is 0 Å². The standard InChI is InChI=1S/C16H30/c1-13-6-7-15(11-13)8-10-16(3)9-4-5-14(2)12-16/h13-15H,4-12H2,1-3H3/t13?,14-,15?,16?/m0/s1. The average Bonchev–Trinajstić information content (AvgIpc) is 2.61. The van der Waals surface area contributed by atoms with Crippen LogP contribution in [0.4, 0.5) is 0 Å². The van der Waals surface area contributed by atoms with E-state index >= 15 is 0 Å². The minimum atomic E-state index is 0.698. The molecule has 3 unspecified atom stereocenters. The zero-order valence-corrected chi connectivity index (χ0v) is 11.6. The van der Waals surface area contributed by atoms with Gasteiger partial charge in [0.2, 0.25) is 0 Å². The molecule has 0 N–H and O–H groups in total. The molecule has 0 spiro atoms. The van der Waals surface area contributed by atoms with E-state index in [1.54, 1.807) is 0 Å². The Hall–Kier alpha value is 0. The molecule has 0 aromatic carbocycles. The highest BCUT2D eigenvalue weighted by atomic mass is 14.4. The van der Waals surface area contributed by atoms with E-state index in [0.717, 1.165) is 17.8 Å². The molecule has 94 valence electrons. The van der Waals surface area contributed by atoms with Crippen molar-refractivity contribution < 1.29 is 0 Å². The van der Waals surface area contributed by atoms with Gasteiger partial charge in [-0.3, -0.25) is 0 Å². The molecule has 0 heteroatoms. The molecule has 4 atom stereocenters. The second-order valence-corrected chi connectivity index (χ2v) is 7.34. The summed E-state index contributed by atoms with van der Waals surface area (Å²) in [5, 5.41) is 0. The van der Waals surface area contributed by atoms with Crippen LogP contribution in [0.5, 0.6) is 0 Å². The highest BCUT2D eigenvalue weighted by Crippen LogP contribution is 2.44. The molecule has 0 nitrogen and oxygen atoms in total. The molecule has 0 radical (unpaired) electrons. The zero-order valence-electron chi connectivity index (χ0n) is 11.6. The van der Waals surface area contributed by atoms with Crippen molar-refractivity contribution >= 4 is 0 Å². The summed E-state index contributed by atoms with van der Waals surface area (Å²) in [6.45, 7) is 7.44. The number of hydrogen-bond donors (Lipinski definition) is 0. The summed E-state index contributed by atoms with van der Waals surface area (Å²) in [5.74, 6) is 3.08. The zero-order chi connectivity index (χ0) is 11.6. The van der Waals surface area contributed by atoms with E-state index in [-0.39, 0.29) is 0 Å². The van der Waals surface area contributed by atoms with Crippen LogP contribution in [0.15, 0.2) is 0 Å². The second-order valence-electron chi connectivity index (χ2n) is 7.34. The first-order valence-corrected chi connectivity index (χ1v) is 7.57. The van der Waals surface area contributed by atoms with Gasteiger partial charge in [-0.1, -0.05) is 46.5 Å². The lowest BCUT2D eigenvalue weighted by molar-refractivity contribution is 0.143. The van der Waals surface area contributed by atoms with Crippen LogP contribution in [-0.4, -0.2) is 0 Å². The Kier molecular flexibility index (Phi) is 3.97. The fraction of sp³-hybridized carbons (Fsp3) is 1.00. The third-order valence-electron chi connectivity index (χ3n) is 5.28. The molecular formula is C16H30. The summed E-state index contributed by atoms with van der Waals surface area (Å²) >= 11 is 0. The summed E-state index contributed by atoms with van der Waals surface area (Å²) in [4.78, 5) is 0. The lowest BCUT2D eigenvalue weighted by atomic mass is 9.68. The van der Waals surface area contributed by atoms with E-state index in [0.29, 0.717) is 5.41 Å². The van der Waals surface area contributed by atoms with Crippen LogP contribution in [0, 0.1) is 23.2 Å². The van der Waals surface area contributed by atoms with E-state index in [4.69, 9.17) is 0 Å². The predicted octanol–water partition coefficient (Wildman–Crippen LogP) is 5.42. The lowest BCUT2D eigenvalue weighted by Crippen LogP contribution is -2.25. The van der Waals surface area contributed by atoms with Crippen molar-refractivity contribution in [1.29, 1.82) is 0 Å². The van der Waals surface area contributed by atoms with Gasteiger partial charge in [0.05, 0.1) is 0 Å². The van der Waals surface area contributed by atoms with E-state index < -0.39 is 0 Å². The van der Waals surface area contributed by atoms with Gasteiger partial charge in [0.1, 0.15) is 0 Å². The highest BCUT2D eigenvalue weighted by molar-refractivity contribution is 4.83. The van der Waals surface area contributed by atoms with Crippen molar-refractivity contribution in [1.82, 2.24) is 0 Å². The fourth-order valence-corrected chi connectivity index (χ4v) is 4.29. The minimum absolute atomic E-state index is 0.698. The van der Waals surface area contributed by atoms with Gasteiger partial charge >= 0.3 is 0 Å². The molecule has 2 saturated carbocycles. The summed E-state index contributed by atoms with van der Waals surface area (Å²) in [6, 6.07) is 0. The van der Waals surface area contributed by atoms with Crippen LogP contribution in [-0.2, 0) is 0 Å².